The molecule has 0 saturated carbocycles. The average molecular weight is 413 g/mol. The van der Waals surface area contributed by atoms with Crippen LogP contribution in [0.2, 0.25) is 0 Å². The summed E-state index contributed by atoms with van der Waals surface area (Å²) in [6, 6.07) is 41.7. The highest BCUT2D eigenvalue weighted by Gasteiger charge is 2.17. The molecule has 0 fully saturated rings. The molecule has 0 atom stereocenters. The second-order valence-corrected chi connectivity index (χ2v) is 7.82. The van der Waals surface area contributed by atoms with Crippen LogP contribution >= 0.6 is 0 Å². The van der Waals surface area contributed by atoms with Gasteiger partial charge in [0.2, 0.25) is 0 Å². The first-order chi connectivity index (χ1) is 15.8. The third-order valence-corrected chi connectivity index (χ3v) is 5.58. The summed E-state index contributed by atoms with van der Waals surface area (Å²) in [4.78, 5) is 5.17. The zero-order chi connectivity index (χ0) is 21.8. The van der Waals surface area contributed by atoms with E-state index in [0.717, 1.165) is 45.0 Å². The lowest BCUT2D eigenvalue weighted by atomic mass is 9.92. The molecule has 2 heteroatoms. The quantitative estimate of drug-likeness (QED) is 0.315. The zero-order valence-electron chi connectivity index (χ0n) is 18.0. The van der Waals surface area contributed by atoms with Gasteiger partial charge in [-0.3, -0.25) is 0 Å². The fourth-order valence-corrected chi connectivity index (χ4v) is 4.06. The number of pyridine rings is 1. The molecule has 0 aliphatic carbocycles. The van der Waals surface area contributed by atoms with E-state index in [0.29, 0.717) is 0 Å². The Balaban J connectivity index is 1.71. The van der Waals surface area contributed by atoms with Gasteiger partial charge < -0.3 is 5.32 Å². The molecule has 2 nitrogen and oxygen atoms in total. The minimum absolute atomic E-state index is 0.985. The molecule has 0 aliphatic rings. The van der Waals surface area contributed by atoms with Gasteiger partial charge in [-0.05, 0) is 36.8 Å². The second-order valence-electron chi connectivity index (χ2n) is 7.82. The van der Waals surface area contributed by atoms with Crippen molar-refractivity contribution < 1.29 is 0 Å². The highest BCUT2D eigenvalue weighted by atomic mass is 14.9. The predicted octanol–water partition coefficient (Wildman–Crippen LogP) is 8.13. The number of anilines is 2. The van der Waals surface area contributed by atoms with Gasteiger partial charge >= 0.3 is 0 Å². The summed E-state index contributed by atoms with van der Waals surface area (Å²) in [5.41, 5.74) is 9.81. The van der Waals surface area contributed by atoms with Gasteiger partial charge in [-0.2, -0.15) is 0 Å². The molecule has 0 saturated heterocycles. The molecule has 0 unspecified atom stereocenters. The first-order valence-electron chi connectivity index (χ1n) is 10.8. The van der Waals surface area contributed by atoms with Crippen LogP contribution in [0.15, 0.2) is 121 Å². The van der Waals surface area contributed by atoms with Crippen LogP contribution in [-0.4, -0.2) is 4.98 Å². The van der Waals surface area contributed by atoms with Crippen LogP contribution in [0, 0.1) is 6.92 Å². The number of aryl methyl sites for hydroxylation is 1. The number of nitrogens with one attached hydrogen (secondary N) is 1. The Labute approximate surface area is 189 Å². The molecule has 1 aromatic heterocycles. The summed E-state index contributed by atoms with van der Waals surface area (Å²) < 4.78 is 0. The number of rotatable bonds is 5. The third kappa shape index (κ3) is 4.03. The van der Waals surface area contributed by atoms with Crippen LogP contribution in [0.5, 0.6) is 0 Å². The number of para-hydroxylation sites is 2. The molecule has 0 spiro atoms. The molecule has 154 valence electrons. The monoisotopic (exact) mass is 412 g/mol. The fourth-order valence-electron chi connectivity index (χ4n) is 4.06. The first-order valence-corrected chi connectivity index (χ1v) is 10.8. The van der Waals surface area contributed by atoms with Gasteiger partial charge in [0.1, 0.15) is 0 Å². The fraction of sp³-hybridized carbons (Fsp3) is 0.0333. The minimum atomic E-state index is 0.985. The van der Waals surface area contributed by atoms with Crippen molar-refractivity contribution in [3.63, 3.8) is 0 Å². The van der Waals surface area contributed by atoms with Crippen molar-refractivity contribution in [2.24, 2.45) is 0 Å². The Morgan fingerprint density at radius 2 is 1.16 bits per heavy atom. The standard InChI is InChI=1S/C30H24N2/c1-22-21-28(23-13-5-2-6-14-23)32-30(24-15-7-3-8-16-24)29(22)26-19-11-12-20-27(26)31-25-17-9-4-10-18-25/h2-21,31H,1H3. The average Bonchev–Trinajstić information content (AvgIpc) is 2.86. The molecule has 4 aromatic carbocycles. The number of benzene rings is 4. The molecule has 1 N–H and O–H groups in total. The van der Waals surface area contributed by atoms with Crippen LogP contribution < -0.4 is 5.32 Å². The van der Waals surface area contributed by atoms with Gasteiger partial charge in [0.25, 0.3) is 0 Å². The molecule has 0 radical (unpaired) electrons. The Hall–Kier alpha value is -4.17. The summed E-state index contributed by atoms with van der Waals surface area (Å²) in [6.07, 6.45) is 0. The van der Waals surface area contributed by atoms with Gasteiger partial charge in [-0.15, -0.1) is 0 Å². The van der Waals surface area contributed by atoms with E-state index in [1.165, 1.54) is 5.56 Å². The Morgan fingerprint density at radius 1 is 0.594 bits per heavy atom. The van der Waals surface area contributed by atoms with E-state index in [4.69, 9.17) is 4.98 Å². The van der Waals surface area contributed by atoms with E-state index in [1.807, 2.05) is 30.3 Å². The molecular weight excluding hydrogens is 388 g/mol. The van der Waals surface area contributed by atoms with Gasteiger partial charge in [0.05, 0.1) is 11.4 Å². The highest BCUT2D eigenvalue weighted by molar-refractivity contribution is 5.91. The lowest BCUT2D eigenvalue weighted by Gasteiger charge is -2.19. The minimum Gasteiger partial charge on any atom is -0.355 e. The van der Waals surface area contributed by atoms with Crippen molar-refractivity contribution in [2.45, 2.75) is 6.92 Å². The summed E-state index contributed by atoms with van der Waals surface area (Å²) in [5, 5.41) is 3.60. The maximum atomic E-state index is 5.17. The summed E-state index contributed by atoms with van der Waals surface area (Å²) in [7, 11) is 0. The lowest BCUT2D eigenvalue weighted by molar-refractivity contribution is 1.28. The van der Waals surface area contributed by atoms with Crippen LogP contribution in [0.4, 0.5) is 11.4 Å². The Bertz CT molecular complexity index is 1330. The van der Waals surface area contributed by atoms with E-state index in [2.05, 4.69) is 103 Å². The molecule has 32 heavy (non-hydrogen) atoms. The molecule has 5 aromatic rings. The summed E-state index contributed by atoms with van der Waals surface area (Å²) in [6.45, 7) is 2.18. The second kappa shape index (κ2) is 8.91. The van der Waals surface area contributed by atoms with Crippen LogP contribution in [0.1, 0.15) is 5.56 Å². The van der Waals surface area contributed by atoms with Crippen molar-refractivity contribution >= 4 is 11.4 Å². The maximum absolute atomic E-state index is 5.17. The molecular formula is C30H24N2. The molecule has 0 bridgehead atoms. The number of aromatic nitrogens is 1. The lowest BCUT2D eigenvalue weighted by Crippen LogP contribution is -1.99. The molecule has 5 rings (SSSR count). The number of hydrogen-bond acceptors (Lipinski definition) is 2. The van der Waals surface area contributed by atoms with Crippen LogP contribution in [0.25, 0.3) is 33.6 Å². The highest BCUT2D eigenvalue weighted by Crippen LogP contribution is 2.40. The van der Waals surface area contributed by atoms with Gasteiger partial charge in [0.15, 0.2) is 0 Å². The van der Waals surface area contributed by atoms with E-state index in [9.17, 15) is 0 Å². The topological polar surface area (TPSA) is 24.9 Å². The Kier molecular flexibility index (Phi) is 5.50. The van der Waals surface area contributed by atoms with Crippen LogP contribution in [-0.2, 0) is 0 Å². The van der Waals surface area contributed by atoms with Gasteiger partial charge in [-0.25, -0.2) is 4.98 Å². The third-order valence-electron chi connectivity index (χ3n) is 5.58. The van der Waals surface area contributed by atoms with Crippen molar-refractivity contribution in [3.05, 3.63) is 127 Å². The summed E-state index contributed by atoms with van der Waals surface area (Å²) in [5.74, 6) is 0. The predicted molar refractivity (Wildman–Crippen MR) is 135 cm³/mol. The summed E-state index contributed by atoms with van der Waals surface area (Å²) >= 11 is 0. The van der Waals surface area contributed by atoms with Crippen molar-refractivity contribution in [1.29, 1.82) is 0 Å². The van der Waals surface area contributed by atoms with E-state index in [-0.39, 0.29) is 0 Å². The zero-order valence-corrected chi connectivity index (χ0v) is 18.0. The largest absolute Gasteiger partial charge is 0.355 e. The van der Waals surface area contributed by atoms with Gasteiger partial charge in [-0.1, -0.05) is 97.1 Å². The smallest absolute Gasteiger partial charge is 0.0791 e. The number of hydrogen-bond donors (Lipinski definition) is 1. The molecule has 1 heterocycles. The van der Waals surface area contributed by atoms with Crippen LogP contribution in [0.3, 0.4) is 0 Å². The SMILES string of the molecule is Cc1cc(-c2ccccc2)nc(-c2ccccc2)c1-c1ccccc1Nc1ccccc1. The van der Waals surface area contributed by atoms with Crippen molar-refractivity contribution in [1.82, 2.24) is 4.98 Å². The van der Waals surface area contributed by atoms with Crippen molar-refractivity contribution in [3.8, 4) is 33.6 Å². The van der Waals surface area contributed by atoms with E-state index in [1.54, 1.807) is 0 Å². The molecule has 0 amide bonds. The van der Waals surface area contributed by atoms with E-state index >= 15 is 0 Å². The molecule has 0 aliphatic heterocycles. The van der Waals surface area contributed by atoms with Gasteiger partial charge in [0, 0.05) is 33.6 Å². The number of nitrogens with zero attached hydrogens (tertiary/aromatic N) is 1. The normalized spacial score (nSPS) is 10.7. The van der Waals surface area contributed by atoms with Crippen molar-refractivity contribution in [2.75, 3.05) is 5.32 Å². The maximum Gasteiger partial charge on any atom is 0.0791 e. The van der Waals surface area contributed by atoms with E-state index < -0.39 is 0 Å². The first kappa shape index (κ1) is 19.8. The Morgan fingerprint density at radius 3 is 1.84 bits per heavy atom.